The summed E-state index contributed by atoms with van der Waals surface area (Å²) >= 11 is 0. The summed E-state index contributed by atoms with van der Waals surface area (Å²) in [6, 6.07) is 16.0. The number of aromatic hydroxyl groups is 3. The SMILES string of the molecule is O=[N+]([O-])c1cc(-c2cc(-c3ccc(O)c([N+](=O)[O-])c3)cc(-c3ccc(O)c([N+](=O)[O-])c3)c2)ccc1O. The van der Waals surface area contributed by atoms with Crippen LogP contribution in [0.5, 0.6) is 17.2 Å². The minimum atomic E-state index is -0.754. The largest absolute Gasteiger partial charge is 0.502 e. The topological polar surface area (TPSA) is 190 Å². The van der Waals surface area contributed by atoms with Crippen LogP contribution in [0.1, 0.15) is 0 Å². The quantitative estimate of drug-likeness (QED) is 0.231. The Kier molecular flexibility index (Phi) is 5.92. The van der Waals surface area contributed by atoms with E-state index in [2.05, 4.69) is 0 Å². The lowest BCUT2D eigenvalue weighted by molar-refractivity contribution is -0.385. The molecule has 0 fully saturated rings. The summed E-state index contributed by atoms with van der Waals surface area (Å²) in [5, 5.41) is 63.4. The van der Waals surface area contributed by atoms with E-state index in [0.29, 0.717) is 33.4 Å². The van der Waals surface area contributed by atoms with Crippen molar-refractivity contribution in [2.75, 3.05) is 0 Å². The molecule has 0 aliphatic rings. The van der Waals surface area contributed by atoms with Gasteiger partial charge in [0.2, 0.25) is 0 Å². The molecule has 0 aliphatic carbocycles. The van der Waals surface area contributed by atoms with Gasteiger partial charge in [0.15, 0.2) is 17.2 Å². The Morgan fingerprint density at radius 2 is 0.667 bits per heavy atom. The summed E-state index contributed by atoms with van der Waals surface area (Å²) < 4.78 is 0. The summed E-state index contributed by atoms with van der Waals surface area (Å²) in [6.07, 6.45) is 0. The molecule has 0 spiro atoms. The van der Waals surface area contributed by atoms with Crippen LogP contribution in [0, 0.1) is 30.3 Å². The molecule has 12 heteroatoms. The van der Waals surface area contributed by atoms with E-state index in [-0.39, 0.29) is 0 Å². The van der Waals surface area contributed by atoms with Gasteiger partial charge in [-0.05, 0) is 69.8 Å². The lowest BCUT2D eigenvalue weighted by Crippen LogP contribution is -1.93. The Balaban J connectivity index is 1.98. The molecule has 180 valence electrons. The molecule has 4 aromatic carbocycles. The molecular weight excluding hydrogens is 474 g/mol. The number of nitro benzene ring substituents is 3. The molecule has 0 unspecified atom stereocenters. The smallest absolute Gasteiger partial charge is 0.311 e. The Morgan fingerprint density at radius 1 is 0.417 bits per heavy atom. The number of hydrogen-bond acceptors (Lipinski definition) is 9. The van der Waals surface area contributed by atoms with Crippen LogP contribution >= 0.6 is 0 Å². The van der Waals surface area contributed by atoms with Crippen LogP contribution in [-0.2, 0) is 0 Å². The Morgan fingerprint density at radius 3 is 0.889 bits per heavy atom. The van der Waals surface area contributed by atoms with Crippen molar-refractivity contribution >= 4 is 17.1 Å². The summed E-state index contributed by atoms with van der Waals surface area (Å²) in [6.45, 7) is 0. The van der Waals surface area contributed by atoms with Crippen LogP contribution in [0.4, 0.5) is 17.1 Å². The van der Waals surface area contributed by atoms with E-state index in [1.165, 1.54) is 18.2 Å². The minimum Gasteiger partial charge on any atom is -0.502 e. The van der Waals surface area contributed by atoms with Gasteiger partial charge in [-0.2, -0.15) is 0 Å². The summed E-state index contributed by atoms with van der Waals surface area (Å²) in [7, 11) is 0. The molecule has 36 heavy (non-hydrogen) atoms. The highest BCUT2D eigenvalue weighted by Crippen LogP contribution is 2.39. The van der Waals surface area contributed by atoms with Crippen LogP contribution in [0.25, 0.3) is 33.4 Å². The maximum Gasteiger partial charge on any atom is 0.311 e. The van der Waals surface area contributed by atoms with Crippen molar-refractivity contribution in [3.05, 3.63) is 103 Å². The second-order valence-electron chi connectivity index (χ2n) is 7.68. The Bertz CT molecular complexity index is 1370. The van der Waals surface area contributed by atoms with Gasteiger partial charge in [-0.15, -0.1) is 0 Å². The molecule has 0 bridgehead atoms. The predicted octanol–water partition coefficient (Wildman–Crippen LogP) is 5.53. The van der Waals surface area contributed by atoms with Gasteiger partial charge in [0.05, 0.1) is 14.8 Å². The lowest BCUT2D eigenvalue weighted by Gasteiger charge is -2.12. The van der Waals surface area contributed by atoms with Gasteiger partial charge in [-0.3, -0.25) is 30.3 Å². The number of rotatable bonds is 6. The number of benzene rings is 4. The fraction of sp³-hybridized carbons (Fsp3) is 0. The molecule has 0 atom stereocenters. The van der Waals surface area contributed by atoms with E-state index >= 15 is 0 Å². The molecule has 0 saturated heterocycles. The molecule has 0 radical (unpaired) electrons. The van der Waals surface area contributed by atoms with Gasteiger partial charge in [-0.1, -0.05) is 18.2 Å². The van der Waals surface area contributed by atoms with Crippen molar-refractivity contribution in [1.82, 2.24) is 0 Å². The molecule has 0 aliphatic heterocycles. The second kappa shape index (κ2) is 9.02. The number of hydrogen-bond donors (Lipinski definition) is 3. The van der Waals surface area contributed by atoms with Crippen molar-refractivity contribution in [3.8, 4) is 50.6 Å². The van der Waals surface area contributed by atoms with Gasteiger partial charge >= 0.3 is 17.1 Å². The van der Waals surface area contributed by atoms with Crippen LogP contribution in [0.3, 0.4) is 0 Å². The second-order valence-corrected chi connectivity index (χ2v) is 7.68. The van der Waals surface area contributed by atoms with Crippen molar-refractivity contribution in [3.63, 3.8) is 0 Å². The summed E-state index contributed by atoms with van der Waals surface area (Å²) in [5.74, 6) is -1.62. The zero-order valence-corrected chi connectivity index (χ0v) is 18.1. The van der Waals surface area contributed by atoms with E-state index in [1.807, 2.05) is 0 Å². The van der Waals surface area contributed by atoms with Gasteiger partial charge < -0.3 is 15.3 Å². The first kappa shape index (κ1) is 23.6. The van der Waals surface area contributed by atoms with E-state index < -0.39 is 49.1 Å². The maximum absolute atomic E-state index is 11.3. The zero-order valence-electron chi connectivity index (χ0n) is 18.1. The zero-order chi connectivity index (χ0) is 26.1. The summed E-state index contributed by atoms with van der Waals surface area (Å²) in [4.78, 5) is 31.7. The molecule has 0 saturated carbocycles. The fourth-order valence-electron chi connectivity index (χ4n) is 3.68. The van der Waals surface area contributed by atoms with Crippen LogP contribution < -0.4 is 0 Å². The Labute approximate surface area is 201 Å². The first-order valence-electron chi connectivity index (χ1n) is 10.1. The summed E-state index contributed by atoms with van der Waals surface area (Å²) in [5.41, 5.74) is 0.545. The number of phenolic OH excluding ortho intramolecular Hbond substituents is 3. The van der Waals surface area contributed by atoms with E-state index in [9.17, 15) is 45.7 Å². The van der Waals surface area contributed by atoms with Crippen molar-refractivity contribution in [2.45, 2.75) is 0 Å². The third-order valence-corrected chi connectivity index (χ3v) is 5.45. The third-order valence-electron chi connectivity index (χ3n) is 5.45. The number of nitro groups is 3. The molecule has 0 aromatic heterocycles. The monoisotopic (exact) mass is 489 g/mol. The molecule has 4 rings (SSSR count). The fourth-order valence-corrected chi connectivity index (χ4v) is 3.68. The molecule has 0 heterocycles. The number of phenols is 3. The molecular formula is C24H15N3O9. The van der Waals surface area contributed by atoms with E-state index in [0.717, 1.165) is 36.4 Å². The minimum absolute atomic E-state index is 0.323. The molecule has 0 amide bonds. The first-order chi connectivity index (χ1) is 17.0. The van der Waals surface area contributed by atoms with Crippen molar-refractivity contribution in [1.29, 1.82) is 0 Å². The standard InChI is InChI=1S/C24H15N3O9/c28-22-4-1-13(10-19(22)25(31)32)16-7-17(14-2-5-23(29)20(11-14)26(33)34)9-18(8-16)15-3-6-24(30)21(12-15)27(35)36/h1-12,28-30H. The van der Waals surface area contributed by atoms with Crippen molar-refractivity contribution in [2.24, 2.45) is 0 Å². The maximum atomic E-state index is 11.3. The van der Waals surface area contributed by atoms with Crippen LogP contribution in [-0.4, -0.2) is 30.1 Å². The van der Waals surface area contributed by atoms with Crippen LogP contribution in [0.2, 0.25) is 0 Å². The Hall–Kier alpha value is -5.52. The highest BCUT2D eigenvalue weighted by atomic mass is 16.6. The molecule has 12 nitrogen and oxygen atoms in total. The van der Waals surface area contributed by atoms with Crippen LogP contribution in [0.15, 0.2) is 72.8 Å². The van der Waals surface area contributed by atoms with E-state index in [4.69, 9.17) is 0 Å². The third kappa shape index (κ3) is 4.46. The van der Waals surface area contributed by atoms with Gasteiger partial charge in [-0.25, -0.2) is 0 Å². The van der Waals surface area contributed by atoms with E-state index in [1.54, 1.807) is 18.2 Å². The van der Waals surface area contributed by atoms with Gasteiger partial charge in [0.25, 0.3) is 0 Å². The average Bonchev–Trinajstić information content (AvgIpc) is 2.84. The normalized spacial score (nSPS) is 10.7. The molecule has 4 aromatic rings. The van der Waals surface area contributed by atoms with Gasteiger partial charge in [0, 0.05) is 18.2 Å². The average molecular weight is 489 g/mol. The highest BCUT2D eigenvalue weighted by Gasteiger charge is 2.19. The highest BCUT2D eigenvalue weighted by molar-refractivity contribution is 5.83. The number of nitrogens with zero attached hydrogens (tertiary/aromatic N) is 3. The first-order valence-corrected chi connectivity index (χ1v) is 10.1. The van der Waals surface area contributed by atoms with Gasteiger partial charge in [0.1, 0.15) is 0 Å². The molecule has 3 N–H and O–H groups in total. The van der Waals surface area contributed by atoms with Crippen molar-refractivity contribution < 1.29 is 30.1 Å². The lowest BCUT2D eigenvalue weighted by atomic mass is 9.92. The predicted molar refractivity (Wildman–Crippen MR) is 128 cm³/mol.